The highest BCUT2D eigenvalue weighted by molar-refractivity contribution is 7.19. The summed E-state index contributed by atoms with van der Waals surface area (Å²) in [5, 5.41) is 4.09. The average Bonchev–Trinajstić information content (AvgIpc) is 3.17. The molecule has 4 aromatic rings. The summed E-state index contributed by atoms with van der Waals surface area (Å²) < 4.78 is 6.23. The number of methoxy groups -OCH3 is 1. The number of aromatic nitrogens is 1. The lowest BCUT2D eigenvalue weighted by atomic mass is 10.0. The number of thiophene rings is 1. The van der Waals surface area contributed by atoms with Crippen LogP contribution in [0.1, 0.15) is 20.9 Å². The van der Waals surface area contributed by atoms with Gasteiger partial charge in [0.1, 0.15) is 0 Å². The summed E-state index contributed by atoms with van der Waals surface area (Å²) >= 11 is 1.79. The van der Waals surface area contributed by atoms with Gasteiger partial charge in [-0.15, -0.1) is 11.3 Å². The van der Waals surface area contributed by atoms with Crippen molar-refractivity contribution in [3.05, 3.63) is 89.1 Å². The molecular weight excluding hydrogens is 380 g/mol. The molecule has 5 heteroatoms. The summed E-state index contributed by atoms with van der Waals surface area (Å²) in [7, 11) is 1.62. The molecule has 0 radical (unpaired) electrons. The number of ether oxygens (including phenoxy) is 1. The predicted molar refractivity (Wildman–Crippen MR) is 119 cm³/mol. The lowest BCUT2D eigenvalue weighted by Crippen LogP contribution is -2.26. The molecule has 29 heavy (non-hydrogen) atoms. The Morgan fingerprint density at radius 2 is 1.97 bits per heavy atom. The molecule has 0 saturated heterocycles. The van der Waals surface area contributed by atoms with Crippen molar-refractivity contribution in [2.45, 2.75) is 6.42 Å². The van der Waals surface area contributed by atoms with E-state index in [1.165, 1.54) is 15.0 Å². The molecule has 0 saturated carbocycles. The van der Waals surface area contributed by atoms with Crippen LogP contribution in [0.15, 0.2) is 72.9 Å². The van der Waals surface area contributed by atoms with E-state index >= 15 is 0 Å². The van der Waals surface area contributed by atoms with Gasteiger partial charge < -0.3 is 10.1 Å². The second kappa shape index (κ2) is 8.99. The average molecular weight is 403 g/mol. The van der Waals surface area contributed by atoms with Crippen molar-refractivity contribution >= 4 is 27.3 Å². The number of amides is 1. The minimum absolute atomic E-state index is 0.0851. The van der Waals surface area contributed by atoms with Gasteiger partial charge in [0, 0.05) is 47.1 Å². The summed E-state index contributed by atoms with van der Waals surface area (Å²) in [5.74, 6) is -0.0851. The molecule has 0 bridgehead atoms. The lowest BCUT2D eigenvalue weighted by Gasteiger charge is -2.08. The molecule has 0 unspecified atom stereocenters. The van der Waals surface area contributed by atoms with Crippen molar-refractivity contribution in [3.63, 3.8) is 0 Å². The Bertz CT molecular complexity index is 1120. The Labute approximate surface area is 174 Å². The van der Waals surface area contributed by atoms with Crippen LogP contribution in [0.3, 0.4) is 0 Å². The van der Waals surface area contributed by atoms with Crippen molar-refractivity contribution in [2.24, 2.45) is 0 Å². The molecule has 0 atom stereocenters. The Balaban J connectivity index is 1.64. The van der Waals surface area contributed by atoms with Crippen molar-refractivity contribution in [1.82, 2.24) is 10.3 Å². The minimum Gasteiger partial charge on any atom is -0.383 e. The fourth-order valence-corrected chi connectivity index (χ4v) is 4.52. The van der Waals surface area contributed by atoms with E-state index in [0.29, 0.717) is 18.7 Å². The number of fused-ring (bicyclic) bond motifs is 1. The number of hydrogen-bond acceptors (Lipinski definition) is 4. The van der Waals surface area contributed by atoms with Gasteiger partial charge in [0.15, 0.2) is 0 Å². The third kappa shape index (κ3) is 4.53. The maximum absolute atomic E-state index is 12.4. The van der Waals surface area contributed by atoms with Gasteiger partial charge in [0.2, 0.25) is 0 Å². The molecule has 0 aliphatic heterocycles. The third-order valence-corrected chi connectivity index (χ3v) is 5.89. The number of pyridine rings is 1. The SMILES string of the molecule is COCCNC(=O)c1cccc(-c2cccc3cc(Cc4ccccn4)sc23)c1. The maximum atomic E-state index is 12.4. The van der Waals surface area contributed by atoms with Gasteiger partial charge in [-0.2, -0.15) is 0 Å². The first kappa shape index (κ1) is 19.3. The number of nitrogens with zero attached hydrogens (tertiary/aromatic N) is 1. The first-order valence-electron chi connectivity index (χ1n) is 9.53. The van der Waals surface area contributed by atoms with Crippen LogP contribution in [0, 0.1) is 0 Å². The minimum atomic E-state index is -0.0851. The highest BCUT2D eigenvalue weighted by Gasteiger charge is 2.11. The topological polar surface area (TPSA) is 51.2 Å². The quantitative estimate of drug-likeness (QED) is 0.446. The molecule has 1 N–H and O–H groups in total. The molecule has 0 aliphatic carbocycles. The molecule has 146 valence electrons. The third-order valence-electron chi connectivity index (χ3n) is 4.70. The largest absolute Gasteiger partial charge is 0.383 e. The van der Waals surface area contributed by atoms with Crippen molar-refractivity contribution < 1.29 is 9.53 Å². The fraction of sp³-hybridized carbons (Fsp3) is 0.167. The number of rotatable bonds is 7. The molecule has 4 rings (SSSR count). The second-order valence-corrected chi connectivity index (χ2v) is 7.90. The van der Waals surface area contributed by atoms with Crippen LogP contribution in [-0.4, -0.2) is 31.2 Å². The van der Waals surface area contributed by atoms with Crippen LogP contribution in [0.5, 0.6) is 0 Å². The summed E-state index contributed by atoms with van der Waals surface area (Å²) in [4.78, 5) is 18.1. The standard InChI is InChI=1S/C24H22N2O2S/c1-28-13-12-26-24(27)19-8-4-6-17(14-19)22-10-5-7-18-15-21(29-23(18)22)16-20-9-2-3-11-25-20/h2-11,14-15H,12-13,16H2,1H3,(H,26,27). The van der Waals surface area contributed by atoms with Gasteiger partial charge in [-0.1, -0.05) is 36.4 Å². The zero-order valence-corrected chi connectivity index (χ0v) is 17.0. The van der Waals surface area contributed by atoms with Crippen LogP contribution in [-0.2, 0) is 11.2 Å². The van der Waals surface area contributed by atoms with Gasteiger partial charge in [0.05, 0.1) is 6.61 Å². The molecular formula is C24H22N2O2S. The molecule has 2 aromatic heterocycles. The van der Waals surface area contributed by atoms with Gasteiger partial charge >= 0.3 is 0 Å². The van der Waals surface area contributed by atoms with Crippen LogP contribution >= 0.6 is 11.3 Å². The van der Waals surface area contributed by atoms with Gasteiger partial charge in [-0.25, -0.2) is 0 Å². The van der Waals surface area contributed by atoms with Crippen molar-refractivity contribution in [1.29, 1.82) is 0 Å². The fourth-order valence-electron chi connectivity index (χ4n) is 3.31. The smallest absolute Gasteiger partial charge is 0.251 e. The van der Waals surface area contributed by atoms with E-state index in [4.69, 9.17) is 4.74 Å². The van der Waals surface area contributed by atoms with Crippen molar-refractivity contribution in [2.75, 3.05) is 20.3 Å². The van der Waals surface area contributed by atoms with Gasteiger partial charge in [-0.05, 0) is 46.8 Å². The summed E-state index contributed by atoms with van der Waals surface area (Å²) in [6, 6.07) is 22.3. The first-order valence-corrected chi connectivity index (χ1v) is 10.3. The Morgan fingerprint density at radius 3 is 2.79 bits per heavy atom. The number of nitrogens with one attached hydrogen (secondary N) is 1. The van der Waals surface area contributed by atoms with Crippen molar-refractivity contribution in [3.8, 4) is 11.1 Å². The van der Waals surface area contributed by atoms with E-state index in [-0.39, 0.29) is 5.91 Å². The zero-order valence-electron chi connectivity index (χ0n) is 16.2. The summed E-state index contributed by atoms with van der Waals surface area (Å²) in [6.07, 6.45) is 2.65. The van der Waals surface area contributed by atoms with Gasteiger partial charge in [0.25, 0.3) is 5.91 Å². The molecule has 0 aliphatic rings. The van der Waals surface area contributed by atoms with E-state index in [1.807, 2.05) is 36.5 Å². The number of carbonyl (C=O) groups excluding carboxylic acids is 1. The first-order chi connectivity index (χ1) is 14.2. The highest BCUT2D eigenvalue weighted by atomic mass is 32.1. The van der Waals surface area contributed by atoms with E-state index < -0.39 is 0 Å². The van der Waals surface area contributed by atoms with Crippen LogP contribution < -0.4 is 5.32 Å². The molecule has 2 aromatic carbocycles. The van der Waals surface area contributed by atoms with Gasteiger partial charge in [-0.3, -0.25) is 9.78 Å². The lowest BCUT2D eigenvalue weighted by molar-refractivity contribution is 0.0937. The van der Waals surface area contributed by atoms with Crippen LogP contribution in [0.2, 0.25) is 0 Å². The van der Waals surface area contributed by atoms with E-state index in [1.54, 1.807) is 18.4 Å². The predicted octanol–water partition coefficient (Wildman–Crippen LogP) is 4.93. The van der Waals surface area contributed by atoms with Crippen LogP contribution in [0.4, 0.5) is 0 Å². The van der Waals surface area contributed by atoms with E-state index in [0.717, 1.165) is 23.2 Å². The number of carbonyl (C=O) groups is 1. The second-order valence-electron chi connectivity index (χ2n) is 6.76. The normalized spacial score (nSPS) is 10.9. The Morgan fingerprint density at radius 1 is 1.07 bits per heavy atom. The number of benzene rings is 2. The van der Waals surface area contributed by atoms with E-state index in [2.05, 4.69) is 46.7 Å². The maximum Gasteiger partial charge on any atom is 0.251 e. The molecule has 0 spiro atoms. The number of hydrogen-bond donors (Lipinski definition) is 1. The monoisotopic (exact) mass is 402 g/mol. The molecule has 2 heterocycles. The zero-order chi connectivity index (χ0) is 20.1. The summed E-state index contributed by atoms with van der Waals surface area (Å²) in [6.45, 7) is 0.996. The molecule has 1 amide bonds. The molecule has 4 nitrogen and oxygen atoms in total. The molecule has 0 fully saturated rings. The Hall–Kier alpha value is -3.02. The highest BCUT2D eigenvalue weighted by Crippen LogP contribution is 2.36. The summed E-state index contributed by atoms with van der Waals surface area (Å²) in [5.41, 5.74) is 3.91. The van der Waals surface area contributed by atoms with E-state index in [9.17, 15) is 4.79 Å². The Kier molecular flexibility index (Phi) is 5.98. The van der Waals surface area contributed by atoms with Crippen LogP contribution in [0.25, 0.3) is 21.2 Å².